The number of thioether (sulfide) groups is 2. The van der Waals surface area contributed by atoms with Crippen molar-refractivity contribution in [2.75, 3.05) is 26.6 Å². The lowest BCUT2D eigenvalue weighted by Crippen LogP contribution is -2.28. The first-order valence-electron chi connectivity index (χ1n) is 14.8. The highest BCUT2D eigenvalue weighted by Crippen LogP contribution is 2.60. The molecule has 274 valence electrons. The molecule has 1 saturated carbocycles. The number of rotatable bonds is 9. The number of allylic oxidation sites excluding steroid dienone is 2. The molecule has 17 heteroatoms. The molecule has 2 aromatic carbocycles. The molecule has 50 heavy (non-hydrogen) atoms. The number of carbonyl (C=O) groups is 3. The highest BCUT2D eigenvalue weighted by Gasteiger charge is 2.62. The molecule has 2 atom stereocenters. The first-order chi connectivity index (χ1) is 23.3. The van der Waals surface area contributed by atoms with Crippen LogP contribution < -0.4 is 0 Å². The largest absolute Gasteiger partial charge is 0.461 e. The molecule has 0 radical (unpaired) electrons. The average Bonchev–Trinajstić information content (AvgIpc) is 3.63. The zero-order valence-corrected chi connectivity index (χ0v) is 32.2. The van der Waals surface area contributed by atoms with Crippen LogP contribution in [0.15, 0.2) is 70.0 Å². The molecule has 1 fully saturated rings. The number of hydrogen-bond donors (Lipinski definition) is 0. The summed E-state index contributed by atoms with van der Waals surface area (Å²) < 4.78 is 45.7. The second-order valence-corrected chi connectivity index (χ2v) is 15.0. The van der Waals surface area contributed by atoms with Crippen molar-refractivity contribution in [2.45, 2.75) is 47.4 Å². The predicted molar refractivity (Wildman–Crippen MR) is 196 cm³/mol. The van der Waals surface area contributed by atoms with Crippen LogP contribution in [0.5, 0.6) is 0 Å². The third-order valence-corrected chi connectivity index (χ3v) is 9.98. The van der Waals surface area contributed by atoms with Crippen LogP contribution in [0.25, 0.3) is 11.1 Å². The Hall–Kier alpha value is -3.34. The van der Waals surface area contributed by atoms with Crippen molar-refractivity contribution in [2.24, 2.45) is 27.6 Å². The smallest absolute Gasteiger partial charge is 0.447 e. The molecule has 10 nitrogen and oxygen atoms in total. The van der Waals surface area contributed by atoms with E-state index in [-0.39, 0.29) is 6.61 Å². The Morgan fingerprint density at radius 2 is 1.44 bits per heavy atom. The van der Waals surface area contributed by atoms with Crippen LogP contribution in [0.4, 0.5) is 22.8 Å². The van der Waals surface area contributed by atoms with E-state index in [2.05, 4.69) is 20.0 Å². The average molecular weight is 777 g/mol. The van der Waals surface area contributed by atoms with Gasteiger partial charge in [0.15, 0.2) is 0 Å². The summed E-state index contributed by atoms with van der Waals surface area (Å²) in [4.78, 5) is 45.1. The first kappa shape index (κ1) is 42.8. The third-order valence-electron chi connectivity index (χ3n) is 7.52. The molecule has 0 spiro atoms. The minimum absolute atomic E-state index is 0.0708. The van der Waals surface area contributed by atoms with Gasteiger partial charge in [0.05, 0.1) is 18.1 Å². The zero-order chi connectivity index (χ0) is 37.8. The molecule has 0 heterocycles. The molecule has 0 bridgehead atoms. The van der Waals surface area contributed by atoms with Gasteiger partial charge in [-0.05, 0) is 66.9 Å². The summed E-state index contributed by atoms with van der Waals surface area (Å²) in [6.45, 7) is 8.92. The Morgan fingerprint density at radius 3 is 1.92 bits per heavy atom. The van der Waals surface area contributed by atoms with Gasteiger partial charge >= 0.3 is 24.3 Å². The summed E-state index contributed by atoms with van der Waals surface area (Å²) in [6.07, 6.45) is -1.48. The van der Waals surface area contributed by atoms with Gasteiger partial charge in [0.25, 0.3) is 0 Å². The van der Waals surface area contributed by atoms with Crippen LogP contribution in [-0.2, 0) is 25.8 Å². The molecular weight excluding hydrogens is 737 g/mol. The fourth-order valence-corrected chi connectivity index (χ4v) is 5.27. The third kappa shape index (κ3) is 12.8. The number of nitrogens with zero attached hydrogens (tertiary/aromatic N) is 4. The summed E-state index contributed by atoms with van der Waals surface area (Å²) in [5.41, 5.74) is 3.34. The summed E-state index contributed by atoms with van der Waals surface area (Å²) in [6, 6.07) is 15.6. The molecule has 2 unspecified atom stereocenters. The Balaban J connectivity index is 0.000000368. The molecule has 0 saturated heterocycles. The Morgan fingerprint density at radius 1 is 0.920 bits per heavy atom. The Kier molecular flexibility index (Phi) is 16.5. The number of hydrogen-bond acceptors (Lipinski definition) is 11. The lowest BCUT2D eigenvalue weighted by molar-refractivity contribution is -0.147. The lowest BCUT2D eigenvalue weighted by Gasteiger charge is -2.19. The van der Waals surface area contributed by atoms with Crippen molar-refractivity contribution in [1.29, 1.82) is 0 Å². The fourth-order valence-electron chi connectivity index (χ4n) is 4.35. The van der Waals surface area contributed by atoms with Crippen LogP contribution in [0.1, 0.15) is 38.8 Å². The number of alkyl halides is 3. The van der Waals surface area contributed by atoms with Crippen molar-refractivity contribution in [3.05, 3.63) is 70.8 Å². The minimum atomic E-state index is -4.61. The number of oxime groups is 2. The fraction of sp³-hybridized carbons (Fsp3) is 0.424. The number of amides is 2. The van der Waals surface area contributed by atoms with Gasteiger partial charge in [0.2, 0.25) is 0 Å². The predicted octanol–water partition coefficient (Wildman–Crippen LogP) is 9.74. The highest BCUT2D eigenvalue weighted by atomic mass is 35.5. The second-order valence-electron chi connectivity index (χ2n) is 11.3. The van der Waals surface area contributed by atoms with Gasteiger partial charge in [0, 0.05) is 14.1 Å². The Bertz CT molecular complexity index is 1550. The summed E-state index contributed by atoms with van der Waals surface area (Å²) in [5, 5.41) is 7.22. The Labute approximate surface area is 308 Å². The maximum absolute atomic E-state index is 12.7. The van der Waals surface area contributed by atoms with Crippen molar-refractivity contribution < 1.29 is 42.0 Å². The van der Waals surface area contributed by atoms with Gasteiger partial charge in [-0.2, -0.15) is 13.2 Å². The maximum atomic E-state index is 12.7. The molecule has 3 rings (SSSR count). The van der Waals surface area contributed by atoms with E-state index >= 15 is 0 Å². The van der Waals surface area contributed by atoms with E-state index in [9.17, 15) is 27.6 Å². The number of benzene rings is 2. The van der Waals surface area contributed by atoms with E-state index in [1.165, 1.54) is 37.6 Å². The van der Waals surface area contributed by atoms with E-state index in [1.54, 1.807) is 27.7 Å². The number of halogens is 4. The van der Waals surface area contributed by atoms with Gasteiger partial charge in [-0.25, -0.2) is 18.2 Å². The van der Waals surface area contributed by atoms with Crippen molar-refractivity contribution in [3.63, 3.8) is 0 Å². The molecule has 0 N–H and O–H groups in total. The van der Waals surface area contributed by atoms with Gasteiger partial charge in [-0.3, -0.25) is 14.5 Å². The molecule has 2 amide bonds. The highest BCUT2D eigenvalue weighted by molar-refractivity contribution is 8.13. The number of carbonyl (C=O) groups excluding carboxylic acids is 3. The number of ether oxygens (including phenoxy) is 1. The van der Waals surface area contributed by atoms with Crippen LogP contribution >= 0.6 is 47.3 Å². The van der Waals surface area contributed by atoms with Gasteiger partial charge in [-0.15, -0.1) is 23.5 Å². The van der Waals surface area contributed by atoms with Crippen LogP contribution in [0.2, 0.25) is 0 Å². The van der Waals surface area contributed by atoms with E-state index < -0.39 is 46.6 Å². The van der Waals surface area contributed by atoms with Crippen LogP contribution in [0, 0.1) is 24.2 Å². The van der Waals surface area contributed by atoms with E-state index in [0.29, 0.717) is 10.1 Å². The maximum Gasteiger partial charge on any atom is 0.447 e. The van der Waals surface area contributed by atoms with Crippen molar-refractivity contribution in [3.8, 4) is 11.1 Å². The van der Waals surface area contributed by atoms with Gasteiger partial charge in [0.1, 0.15) is 21.7 Å². The van der Waals surface area contributed by atoms with E-state index in [1.807, 2.05) is 68.0 Å². The topological polar surface area (TPSA) is 110 Å². The second kappa shape index (κ2) is 19.3. The SMILES string of the molecule is CS/C(C)=N\OC(=O)N(C)SN(C)C(=O)O/N=C(/C)SC.Cc1c(COC(=O)C2C(/C=C(\Cl)C(F)(F)F)C2(C)C)cccc1-c1ccccc1. The number of esters is 1. The minimum Gasteiger partial charge on any atom is -0.461 e. The lowest BCUT2D eigenvalue weighted by atomic mass is 9.97. The normalized spacial score (nSPS) is 17.2. The van der Waals surface area contributed by atoms with Crippen LogP contribution in [-0.4, -0.2) is 69.6 Å². The standard InChI is InChI=1S/C23H22ClF3O2.C10H18N4O4S3/c1-14-16(10-7-11-17(14)15-8-5-4-6-9-15)13-29-21(28)20-18(22(20,2)3)12-19(24)23(25,26)27;1-7(19-5)11-17-9(15)13(3)21-14(4)10(16)18-12-8(2)20-6/h4-12,18,20H,13H2,1-3H3;1-6H3/b19-12-;11-7-,12-8-. The van der Waals surface area contributed by atoms with Gasteiger partial charge in [-0.1, -0.05) is 90.4 Å². The molecule has 0 aromatic heterocycles. The van der Waals surface area contributed by atoms with E-state index in [4.69, 9.17) is 16.3 Å². The molecule has 0 aliphatic heterocycles. The van der Waals surface area contributed by atoms with Crippen molar-refractivity contribution >= 4 is 75.5 Å². The molecular formula is C33H40ClF3N4O6S3. The zero-order valence-electron chi connectivity index (χ0n) is 29.0. The molecule has 2 aromatic rings. The molecule has 1 aliphatic rings. The quantitative estimate of drug-likeness (QED) is 0.0614. The molecule has 1 aliphatic carbocycles. The monoisotopic (exact) mass is 776 g/mol. The summed E-state index contributed by atoms with van der Waals surface area (Å²) in [5.74, 6) is -1.75. The van der Waals surface area contributed by atoms with Gasteiger partial charge < -0.3 is 4.74 Å². The van der Waals surface area contributed by atoms with Crippen LogP contribution in [0.3, 0.4) is 0 Å². The van der Waals surface area contributed by atoms with E-state index in [0.717, 1.165) is 49.1 Å². The first-order valence-corrected chi connectivity index (χ1v) is 18.4. The van der Waals surface area contributed by atoms with Crippen molar-refractivity contribution in [1.82, 2.24) is 8.61 Å². The summed E-state index contributed by atoms with van der Waals surface area (Å²) >= 11 is 8.85. The summed E-state index contributed by atoms with van der Waals surface area (Å²) in [7, 11) is 2.88.